The quantitative estimate of drug-likeness (QED) is 0.259. The highest BCUT2D eigenvalue weighted by Gasteiger charge is 2.38. The Morgan fingerprint density at radius 3 is 1.95 bits per heavy atom. The molecule has 0 heterocycles. The van der Waals surface area contributed by atoms with Gasteiger partial charge in [-0.2, -0.15) is 0 Å². The number of aryl methyl sites for hydroxylation is 4. The van der Waals surface area contributed by atoms with E-state index >= 15 is 0 Å². The SMILES string of the molecule is Cc1cc(C)cc(C(C(=O)Nc2c(C)cccc2C)N(C(=O)C(Cc2ccc(O)cc2)NC(=O)OC(C)(C)C)C(C)C)c1. The van der Waals surface area contributed by atoms with Crippen LogP contribution in [0, 0.1) is 27.7 Å². The molecular weight excluding hydrogens is 542 g/mol. The molecule has 8 nitrogen and oxygen atoms in total. The third kappa shape index (κ3) is 9.08. The summed E-state index contributed by atoms with van der Waals surface area (Å²) in [4.78, 5) is 43.3. The van der Waals surface area contributed by atoms with Gasteiger partial charge in [-0.05, 0) is 96.7 Å². The number of rotatable bonds is 9. The van der Waals surface area contributed by atoms with Crippen molar-refractivity contribution in [1.29, 1.82) is 0 Å². The zero-order valence-electron chi connectivity index (χ0n) is 26.7. The normalized spacial score (nSPS) is 12.8. The number of hydrogen-bond donors (Lipinski definition) is 3. The molecule has 0 radical (unpaired) electrons. The van der Waals surface area contributed by atoms with Crippen LogP contribution in [0.3, 0.4) is 0 Å². The second-order valence-electron chi connectivity index (χ2n) is 12.5. The van der Waals surface area contributed by atoms with E-state index in [1.54, 1.807) is 37.8 Å². The Hall–Kier alpha value is -4.33. The number of phenolic OH excluding ortho intramolecular Hbond substituents is 1. The van der Waals surface area contributed by atoms with Crippen LogP contribution in [0.2, 0.25) is 0 Å². The summed E-state index contributed by atoms with van der Waals surface area (Å²) in [5.74, 6) is -0.701. The largest absolute Gasteiger partial charge is 0.508 e. The molecule has 0 aliphatic heterocycles. The maximum absolute atomic E-state index is 14.6. The number of carbonyl (C=O) groups excluding carboxylic acids is 3. The third-order valence-corrected chi connectivity index (χ3v) is 6.99. The minimum atomic E-state index is -1.05. The molecule has 0 spiro atoms. The highest BCUT2D eigenvalue weighted by molar-refractivity contribution is 6.00. The monoisotopic (exact) mass is 587 g/mol. The van der Waals surface area contributed by atoms with Crippen molar-refractivity contribution in [3.8, 4) is 5.75 Å². The van der Waals surface area contributed by atoms with E-state index in [2.05, 4.69) is 10.6 Å². The van der Waals surface area contributed by atoms with E-state index in [1.165, 1.54) is 12.1 Å². The highest BCUT2D eigenvalue weighted by Crippen LogP contribution is 2.30. The van der Waals surface area contributed by atoms with Crippen LogP contribution < -0.4 is 10.6 Å². The van der Waals surface area contributed by atoms with Crippen LogP contribution >= 0.6 is 0 Å². The molecule has 3 aromatic rings. The van der Waals surface area contributed by atoms with Crippen molar-refractivity contribution >= 4 is 23.6 Å². The minimum absolute atomic E-state index is 0.0913. The number of carbonyl (C=O) groups is 3. The van der Waals surface area contributed by atoms with Gasteiger partial charge in [0.15, 0.2) is 0 Å². The van der Waals surface area contributed by atoms with E-state index in [0.29, 0.717) is 11.3 Å². The molecule has 8 heteroatoms. The van der Waals surface area contributed by atoms with Crippen molar-refractivity contribution in [3.63, 3.8) is 0 Å². The molecule has 3 amide bonds. The number of nitrogens with one attached hydrogen (secondary N) is 2. The molecule has 43 heavy (non-hydrogen) atoms. The number of ether oxygens (including phenoxy) is 1. The summed E-state index contributed by atoms with van der Waals surface area (Å²) in [6.45, 7) is 16.7. The third-order valence-electron chi connectivity index (χ3n) is 6.99. The van der Waals surface area contributed by atoms with Crippen molar-refractivity contribution in [2.45, 2.75) is 92.5 Å². The zero-order valence-corrected chi connectivity index (χ0v) is 26.7. The van der Waals surface area contributed by atoms with Crippen LogP contribution in [0.25, 0.3) is 0 Å². The van der Waals surface area contributed by atoms with Gasteiger partial charge in [0.2, 0.25) is 5.91 Å². The number of phenols is 1. The number of alkyl carbamates (subject to hydrolysis) is 1. The fourth-order valence-corrected chi connectivity index (χ4v) is 5.19. The number of hydrogen-bond acceptors (Lipinski definition) is 5. The molecule has 3 aromatic carbocycles. The molecule has 0 fully saturated rings. The van der Waals surface area contributed by atoms with Gasteiger partial charge in [-0.1, -0.05) is 59.7 Å². The van der Waals surface area contributed by atoms with Gasteiger partial charge >= 0.3 is 6.09 Å². The summed E-state index contributed by atoms with van der Waals surface area (Å²) in [6, 6.07) is 15.6. The van der Waals surface area contributed by atoms with Crippen LogP contribution in [0.4, 0.5) is 10.5 Å². The van der Waals surface area contributed by atoms with E-state index in [9.17, 15) is 19.5 Å². The Morgan fingerprint density at radius 2 is 1.44 bits per heavy atom. The molecule has 3 rings (SSSR count). The standard InChI is InChI=1S/C35H45N3O5/c1-21(2)38(33(41)29(36-34(42)43-35(7,8)9)20-26-13-15-28(39)16-14-26)31(27-18-22(3)17-23(4)19-27)32(40)37-30-24(5)11-10-12-25(30)6/h10-19,21,29,31,39H,20H2,1-9H3,(H,36,42)(H,37,40). The molecule has 0 aromatic heterocycles. The first-order valence-corrected chi connectivity index (χ1v) is 14.6. The van der Waals surface area contributed by atoms with Crippen LogP contribution in [-0.2, 0) is 20.7 Å². The number of nitrogens with zero attached hydrogens (tertiary/aromatic N) is 1. The van der Waals surface area contributed by atoms with Crippen molar-refractivity contribution < 1.29 is 24.2 Å². The second-order valence-corrected chi connectivity index (χ2v) is 12.5. The van der Waals surface area contributed by atoms with Gasteiger partial charge in [0, 0.05) is 18.2 Å². The summed E-state index contributed by atoms with van der Waals surface area (Å²) >= 11 is 0. The lowest BCUT2D eigenvalue weighted by atomic mass is 9.96. The minimum Gasteiger partial charge on any atom is -0.508 e. The van der Waals surface area contributed by atoms with E-state index < -0.39 is 35.7 Å². The Morgan fingerprint density at radius 1 is 0.884 bits per heavy atom. The average Bonchev–Trinajstić information content (AvgIpc) is 2.88. The maximum atomic E-state index is 14.6. The topological polar surface area (TPSA) is 108 Å². The van der Waals surface area contributed by atoms with Gasteiger partial charge in [-0.3, -0.25) is 9.59 Å². The van der Waals surface area contributed by atoms with Crippen LogP contribution in [0.15, 0.2) is 60.7 Å². The van der Waals surface area contributed by atoms with E-state index in [4.69, 9.17) is 4.74 Å². The fourth-order valence-electron chi connectivity index (χ4n) is 5.19. The smallest absolute Gasteiger partial charge is 0.408 e. The summed E-state index contributed by atoms with van der Waals surface area (Å²) in [5, 5.41) is 15.7. The van der Waals surface area contributed by atoms with Crippen molar-refractivity contribution in [1.82, 2.24) is 10.2 Å². The molecule has 2 atom stereocenters. The molecular formula is C35H45N3O5. The predicted molar refractivity (Wildman–Crippen MR) is 170 cm³/mol. The molecule has 0 saturated carbocycles. The van der Waals surface area contributed by atoms with Crippen LogP contribution in [-0.4, -0.2) is 45.6 Å². The summed E-state index contributed by atoms with van der Waals surface area (Å²) in [6.07, 6.45) is -0.615. The predicted octanol–water partition coefficient (Wildman–Crippen LogP) is 6.68. The van der Waals surface area contributed by atoms with E-state index in [0.717, 1.165) is 27.8 Å². The van der Waals surface area contributed by atoms with Crippen LogP contribution in [0.5, 0.6) is 5.75 Å². The summed E-state index contributed by atoms with van der Waals surface area (Å²) in [5.41, 5.74) is 5.06. The van der Waals surface area contributed by atoms with Crippen molar-refractivity contribution in [2.24, 2.45) is 0 Å². The Kier molecular flexibility index (Phi) is 10.6. The molecule has 230 valence electrons. The van der Waals surface area contributed by atoms with Gasteiger partial charge in [0.05, 0.1) is 0 Å². The Balaban J connectivity index is 2.12. The molecule has 0 aliphatic rings. The average molecular weight is 588 g/mol. The van der Waals surface area contributed by atoms with Gasteiger partial charge in [0.1, 0.15) is 23.4 Å². The van der Waals surface area contributed by atoms with Gasteiger partial charge < -0.3 is 25.4 Å². The van der Waals surface area contributed by atoms with Gasteiger partial charge in [0.25, 0.3) is 5.91 Å². The number of benzene rings is 3. The maximum Gasteiger partial charge on any atom is 0.408 e. The number of para-hydroxylation sites is 1. The van der Waals surface area contributed by atoms with Crippen LogP contribution in [0.1, 0.15) is 74.0 Å². The first-order valence-electron chi connectivity index (χ1n) is 14.6. The molecule has 0 bridgehead atoms. The molecule has 0 saturated heterocycles. The highest BCUT2D eigenvalue weighted by atomic mass is 16.6. The number of amides is 3. The van der Waals surface area contributed by atoms with E-state index in [1.807, 2.05) is 77.9 Å². The Labute approximate surface area is 255 Å². The van der Waals surface area contributed by atoms with Gasteiger partial charge in [-0.15, -0.1) is 0 Å². The number of aromatic hydroxyl groups is 1. The van der Waals surface area contributed by atoms with Crippen molar-refractivity contribution in [3.05, 3.63) is 94.0 Å². The molecule has 3 N–H and O–H groups in total. The summed E-state index contributed by atoms with van der Waals surface area (Å²) in [7, 11) is 0. The first-order chi connectivity index (χ1) is 20.1. The first kappa shape index (κ1) is 33.2. The second kappa shape index (κ2) is 13.8. The zero-order chi connectivity index (χ0) is 32.1. The lowest BCUT2D eigenvalue weighted by molar-refractivity contribution is -0.142. The van der Waals surface area contributed by atoms with E-state index in [-0.39, 0.29) is 18.1 Å². The van der Waals surface area contributed by atoms with Gasteiger partial charge in [-0.25, -0.2) is 4.79 Å². The number of anilines is 1. The molecule has 2 unspecified atom stereocenters. The van der Waals surface area contributed by atoms with Crippen molar-refractivity contribution in [2.75, 3.05) is 5.32 Å². The lowest BCUT2D eigenvalue weighted by Gasteiger charge is -2.37. The molecule has 0 aliphatic carbocycles. The fraction of sp³-hybridized carbons (Fsp3) is 0.400. The Bertz CT molecular complexity index is 1420. The summed E-state index contributed by atoms with van der Waals surface area (Å²) < 4.78 is 5.50. The lowest BCUT2D eigenvalue weighted by Crippen LogP contribution is -2.55.